The number of rotatable bonds is 5. The number of methoxy groups -OCH3 is 1. The molecule has 0 saturated carbocycles. The number of aliphatic imine (C=N–C) groups is 1. The fourth-order valence-electron chi connectivity index (χ4n) is 2.84. The van der Waals surface area contributed by atoms with Crippen LogP contribution in [0, 0.1) is 18.3 Å². The second-order valence-electron chi connectivity index (χ2n) is 6.18. The lowest BCUT2D eigenvalue weighted by Crippen LogP contribution is -2.26. The highest BCUT2D eigenvalue weighted by molar-refractivity contribution is 6.30. The van der Waals surface area contributed by atoms with Gasteiger partial charge in [-0.25, -0.2) is 0 Å². The van der Waals surface area contributed by atoms with Gasteiger partial charge in [0.15, 0.2) is 0 Å². The molecular formula is C21H17ClN4O3. The lowest BCUT2D eigenvalue weighted by Gasteiger charge is -2.14. The SMILES string of the molecule is COc1ccc(Cl)cc1N=Cc1c(C)c(C#N)c(=O)n(Cc2cccnc2)c1O. The second kappa shape index (κ2) is 8.59. The summed E-state index contributed by atoms with van der Waals surface area (Å²) in [6, 6.07) is 10.4. The highest BCUT2D eigenvalue weighted by Gasteiger charge is 2.18. The van der Waals surface area contributed by atoms with Crippen LogP contribution in [0.3, 0.4) is 0 Å². The molecule has 3 aromatic rings. The third-order valence-corrected chi connectivity index (χ3v) is 4.62. The second-order valence-corrected chi connectivity index (χ2v) is 6.61. The molecule has 146 valence electrons. The minimum Gasteiger partial charge on any atom is -0.494 e. The van der Waals surface area contributed by atoms with Crippen molar-refractivity contribution in [2.24, 2.45) is 4.99 Å². The first-order valence-corrected chi connectivity index (χ1v) is 8.97. The minimum atomic E-state index is -0.580. The van der Waals surface area contributed by atoms with Gasteiger partial charge in [-0.15, -0.1) is 0 Å². The van der Waals surface area contributed by atoms with Gasteiger partial charge in [0.25, 0.3) is 5.56 Å². The quantitative estimate of drug-likeness (QED) is 0.650. The topological polar surface area (TPSA) is 100 Å². The number of ether oxygens (including phenoxy) is 1. The number of pyridine rings is 2. The molecule has 0 saturated heterocycles. The third kappa shape index (κ3) is 4.13. The highest BCUT2D eigenvalue weighted by Crippen LogP contribution is 2.31. The molecule has 0 fully saturated rings. The van der Waals surface area contributed by atoms with Crippen molar-refractivity contribution in [1.29, 1.82) is 5.26 Å². The maximum absolute atomic E-state index is 12.7. The van der Waals surface area contributed by atoms with E-state index in [-0.39, 0.29) is 23.6 Å². The molecule has 7 nitrogen and oxygen atoms in total. The largest absolute Gasteiger partial charge is 0.494 e. The Balaban J connectivity index is 2.14. The molecule has 0 aliphatic rings. The van der Waals surface area contributed by atoms with Gasteiger partial charge in [0.05, 0.1) is 19.2 Å². The number of aromatic hydroxyl groups is 1. The molecule has 0 unspecified atom stereocenters. The van der Waals surface area contributed by atoms with Crippen molar-refractivity contribution in [3.05, 3.63) is 80.4 Å². The molecule has 0 aliphatic heterocycles. The summed E-state index contributed by atoms with van der Waals surface area (Å²) < 4.78 is 6.39. The Morgan fingerprint density at radius 2 is 2.21 bits per heavy atom. The van der Waals surface area contributed by atoms with Gasteiger partial charge in [0.2, 0.25) is 5.88 Å². The monoisotopic (exact) mass is 408 g/mol. The first-order valence-electron chi connectivity index (χ1n) is 8.59. The minimum absolute atomic E-state index is 0.0637. The first kappa shape index (κ1) is 20.1. The van der Waals surface area contributed by atoms with Crippen molar-refractivity contribution in [3.8, 4) is 17.7 Å². The van der Waals surface area contributed by atoms with Gasteiger partial charge >= 0.3 is 0 Å². The van der Waals surface area contributed by atoms with Gasteiger partial charge in [-0.2, -0.15) is 5.26 Å². The zero-order valence-electron chi connectivity index (χ0n) is 15.8. The molecule has 0 bridgehead atoms. The standard InChI is InChI=1S/C21H17ClN4O3/c1-13-16(9-23)20(27)26(12-14-4-3-7-24-10-14)21(28)17(13)11-25-18-8-15(22)5-6-19(18)29-2/h3-8,10-11,28H,12H2,1-2H3. The van der Waals surface area contributed by atoms with Crippen molar-refractivity contribution in [3.63, 3.8) is 0 Å². The van der Waals surface area contributed by atoms with Crippen LogP contribution in [0.2, 0.25) is 5.02 Å². The average Bonchev–Trinajstić information content (AvgIpc) is 2.72. The fourth-order valence-corrected chi connectivity index (χ4v) is 3.01. The van der Waals surface area contributed by atoms with Crippen LogP contribution in [0.1, 0.15) is 22.3 Å². The van der Waals surface area contributed by atoms with Crippen LogP contribution in [0.15, 0.2) is 52.5 Å². The van der Waals surface area contributed by atoms with E-state index in [0.717, 1.165) is 4.57 Å². The molecule has 2 aromatic heterocycles. The maximum atomic E-state index is 12.7. The Bertz CT molecular complexity index is 1180. The van der Waals surface area contributed by atoms with Crippen LogP contribution in [-0.4, -0.2) is 28.0 Å². The lowest BCUT2D eigenvalue weighted by molar-refractivity contribution is 0.412. The number of nitriles is 1. The number of nitrogens with zero attached hydrogens (tertiary/aromatic N) is 4. The average molecular weight is 409 g/mol. The number of halogens is 1. The van der Waals surface area contributed by atoms with Crippen molar-refractivity contribution >= 4 is 23.5 Å². The van der Waals surface area contributed by atoms with Gasteiger partial charge in [-0.1, -0.05) is 17.7 Å². The molecule has 0 atom stereocenters. The van der Waals surface area contributed by atoms with Crippen molar-refractivity contribution in [2.75, 3.05) is 7.11 Å². The van der Waals surface area contributed by atoms with Crippen molar-refractivity contribution in [1.82, 2.24) is 9.55 Å². The smallest absolute Gasteiger partial charge is 0.271 e. The summed E-state index contributed by atoms with van der Waals surface area (Å²) in [7, 11) is 1.51. The summed E-state index contributed by atoms with van der Waals surface area (Å²) in [5.41, 5.74) is 1.10. The maximum Gasteiger partial charge on any atom is 0.271 e. The van der Waals surface area contributed by atoms with E-state index in [0.29, 0.717) is 27.6 Å². The molecule has 29 heavy (non-hydrogen) atoms. The van der Waals surface area contributed by atoms with Crippen molar-refractivity contribution < 1.29 is 9.84 Å². The number of aromatic nitrogens is 2. The molecule has 2 heterocycles. The molecule has 0 spiro atoms. The Morgan fingerprint density at radius 3 is 2.86 bits per heavy atom. The van der Waals surface area contributed by atoms with Crippen LogP contribution in [-0.2, 0) is 6.54 Å². The van der Waals surface area contributed by atoms with Crippen LogP contribution in [0.5, 0.6) is 11.6 Å². The van der Waals surface area contributed by atoms with Crippen LogP contribution in [0.25, 0.3) is 0 Å². The summed E-state index contributed by atoms with van der Waals surface area (Å²) in [5.74, 6) is 0.201. The molecule has 0 amide bonds. The molecular weight excluding hydrogens is 392 g/mol. The van der Waals surface area contributed by atoms with E-state index in [4.69, 9.17) is 16.3 Å². The molecule has 3 rings (SSSR count). The lowest BCUT2D eigenvalue weighted by atomic mass is 10.1. The Morgan fingerprint density at radius 1 is 1.41 bits per heavy atom. The van der Waals surface area contributed by atoms with Crippen LogP contribution >= 0.6 is 11.6 Å². The van der Waals surface area contributed by atoms with E-state index in [2.05, 4.69) is 9.98 Å². The summed E-state index contributed by atoms with van der Waals surface area (Å²) in [6.45, 7) is 1.65. The molecule has 8 heteroatoms. The first-order chi connectivity index (χ1) is 14.0. The number of benzene rings is 1. The summed E-state index contributed by atoms with van der Waals surface area (Å²) >= 11 is 6.03. The fraction of sp³-hybridized carbons (Fsp3) is 0.143. The van der Waals surface area contributed by atoms with E-state index in [1.54, 1.807) is 49.6 Å². The zero-order valence-corrected chi connectivity index (χ0v) is 16.5. The van der Waals surface area contributed by atoms with E-state index < -0.39 is 5.56 Å². The van der Waals surface area contributed by atoms with Gasteiger partial charge in [0, 0.05) is 23.6 Å². The summed E-state index contributed by atoms with van der Waals surface area (Å²) in [5, 5.41) is 20.7. The normalized spacial score (nSPS) is 10.8. The highest BCUT2D eigenvalue weighted by atomic mass is 35.5. The van der Waals surface area contributed by atoms with Gasteiger partial charge in [-0.3, -0.25) is 19.3 Å². The number of hydrogen-bond acceptors (Lipinski definition) is 6. The van der Waals surface area contributed by atoms with E-state index in [1.165, 1.54) is 13.3 Å². The Hall–Kier alpha value is -3.63. The van der Waals surface area contributed by atoms with Gasteiger partial charge in [-0.05, 0) is 42.3 Å². The zero-order chi connectivity index (χ0) is 21.0. The Labute approximate surface area is 172 Å². The summed E-state index contributed by atoms with van der Waals surface area (Å²) in [4.78, 5) is 21.1. The summed E-state index contributed by atoms with van der Waals surface area (Å²) in [6.07, 6.45) is 4.58. The van der Waals surface area contributed by atoms with Crippen molar-refractivity contribution in [2.45, 2.75) is 13.5 Å². The van der Waals surface area contributed by atoms with E-state index in [1.807, 2.05) is 6.07 Å². The molecule has 0 aliphatic carbocycles. The predicted octanol–water partition coefficient (Wildman–Crippen LogP) is 3.59. The van der Waals surface area contributed by atoms with E-state index in [9.17, 15) is 15.2 Å². The third-order valence-electron chi connectivity index (χ3n) is 4.38. The molecule has 1 aromatic carbocycles. The van der Waals surface area contributed by atoms with E-state index >= 15 is 0 Å². The molecule has 1 N–H and O–H groups in total. The Kier molecular flexibility index (Phi) is 5.96. The number of hydrogen-bond donors (Lipinski definition) is 1. The van der Waals surface area contributed by atoms with Crippen LogP contribution < -0.4 is 10.3 Å². The van der Waals surface area contributed by atoms with Gasteiger partial charge < -0.3 is 9.84 Å². The van der Waals surface area contributed by atoms with Gasteiger partial charge in [0.1, 0.15) is 23.1 Å². The predicted molar refractivity (Wildman–Crippen MR) is 110 cm³/mol. The molecule has 0 radical (unpaired) electrons. The van der Waals surface area contributed by atoms with Crippen LogP contribution in [0.4, 0.5) is 5.69 Å².